The van der Waals surface area contributed by atoms with Crippen molar-refractivity contribution in [3.63, 3.8) is 0 Å². The van der Waals surface area contributed by atoms with Gasteiger partial charge in [0.05, 0.1) is 6.10 Å². The van der Waals surface area contributed by atoms with Crippen LogP contribution in [0.1, 0.15) is 26.2 Å². The van der Waals surface area contributed by atoms with Crippen LogP contribution in [0.15, 0.2) is 29.7 Å². The Morgan fingerprint density at radius 3 is 2.90 bits per heavy atom. The van der Waals surface area contributed by atoms with Gasteiger partial charge in [0, 0.05) is 36.9 Å². The number of nitrogens with zero attached hydrogens (tertiary/aromatic N) is 4. The average Bonchev–Trinajstić information content (AvgIpc) is 3.16. The molecule has 0 saturated carbocycles. The number of ether oxygens (including phenoxy) is 1. The first-order valence-electron chi connectivity index (χ1n) is 7.46. The molecule has 0 N–H and O–H groups in total. The van der Waals surface area contributed by atoms with E-state index in [0.29, 0.717) is 6.10 Å². The van der Waals surface area contributed by atoms with E-state index in [9.17, 15) is 0 Å². The van der Waals surface area contributed by atoms with E-state index in [4.69, 9.17) is 4.74 Å². The van der Waals surface area contributed by atoms with Gasteiger partial charge in [-0.25, -0.2) is 0 Å². The van der Waals surface area contributed by atoms with Gasteiger partial charge in [0.1, 0.15) is 0 Å². The summed E-state index contributed by atoms with van der Waals surface area (Å²) in [6.07, 6.45) is 7.34. The number of rotatable bonds is 6. The summed E-state index contributed by atoms with van der Waals surface area (Å²) in [5.41, 5.74) is 1.06. The molecule has 112 valence electrons. The van der Waals surface area contributed by atoms with Crippen LogP contribution in [-0.4, -0.2) is 38.2 Å². The van der Waals surface area contributed by atoms with Crippen molar-refractivity contribution in [3.8, 4) is 11.4 Å². The number of pyridine rings is 1. The Bertz CT molecular complexity index is 566. The lowest BCUT2D eigenvalue weighted by Crippen LogP contribution is -2.09. The predicted octanol–water partition coefficient (Wildman–Crippen LogP) is 3.02. The van der Waals surface area contributed by atoms with E-state index in [1.54, 1.807) is 24.2 Å². The van der Waals surface area contributed by atoms with Gasteiger partial charge >= 0.3 is 0 Å². The van der Waals surface area contributed by atoms with E-state index in [0.717, 1.165) is 48.3 Å². The van der Waals surface area contributed by atoms with E-state index in [1.165, 1.54) is 6.42 Å². The molecule has 0 spiro atoms. The largest absolute Gasteiger partial charge is 0.377 e. The van der Waals surface area contributed by atoms with Crippen LogP contribution in [0.25, 0.3) is 11.4 Å². The van der Waals surface area contributed by atoms with Crippen molar-refractivity contribution in [2.24, 2.45) is 0 Å². The van der Waals surface area contributed by atoms with E-state index in [1.807, 2.05) is 12.1 Å². The standard InChI is InChI=1S/C15H20N4OS/c1-2-9-19-14(12-5-7-16-8-6-12)17-18-15(19)21-11-13-4-3-10-20-13/h5-8,13H,2-4,9-11H2,1H3. The van der Waals surface area contributed by atoms with Crippen LogP contribution in [0.3, 0.4) is 0 Å². The minimum Gasteiger partial charge on any atom is -0.377 e. The minimum atomic E-state index is 0.367. The highest BCUT2D eigenvalue weighted by Gasteiger charge is 2.19. The number of aromatic nitrogens is 4. The SMILES string of the molecule is CCCn1c(SCC2CCCO2)nnc1-c1ccncc1. The van der Waals surface area contributed by atoms with Crippen molar-refractivity contribution in [1.82, 2.24) is 19.7 Å². The molecule has 2 aromatic rings. The summed E-state index contributed by atoms with van der Waals surface area (Å²) in [7, 11) is 0. The van der Waals surface area contributed by atoms with Crippen molar-refractivity contribution < 1.29 is 4.74 Å². The fraction of sp³-hybridized carbons (Fsp3) is 0.533. The highest BCUT2D eigenvalue weighted by molar-refractivity contribution is 7.99. The second kappa shape index (κ2) is 7.04. The van der Waals surface area contributed by atoms with Crippen LogP contribution in [-0.2, 0) is 11.3 Å². The summed E-state index contributed by atoms with van der Waals surface area (Å²) in [6.45, 7) is 4.00. The van der Waals surface area contributed by atoms with Crippen molar-refractivity contribution in [1.29, 1.82) is 0 Å². The van der Waals surface area contributed by atoms with Gasteiger partial charge in [-0.05, 0) is 31.4 Å². The van der Waals surface area contributed by atoms with Crippen LogP contribution >= 0.6 is 11.8 Å². The Kier molecular flexibility index (Phi) is 4.87. The Morgan fingerprint density at radius 1 is 1.33 bits per heavy atom. The Hall–Kier alpha value is -1.40. The second-order valence-corrected chi connectivity index (χ2v) is 6.13. The molecule has 0 aliphatic carbocycles. The van der Waals surface area contributed by atoms with Gasteiger partial charge in [-0.3, -0.25) is 4.98 Å². The summed E-state index contributed by atoms with van der Waals surface area (Å²) in [6, 6.07) is 3.95. The van der Waals surface area contributed by atoms with Crippen molar-refractivity contribution >= 4 is 11.8 Å². The highest BCUT2D eigenvalue weighted by atomic mass is 32.2. The molecule has 1 aliphatic heterocycles. The maximum atomic E-state index is 5.68. The Balaban J connectivity index is 1.78. The fourth-order valence-corrected chi connectivity index (χ4v) is 3.51. The highest BCUT2D eigenvalue weighted by Crippen LogP contribution is 2.26. The van der Waals surface area contributed by atoms with Crippen LogP contribution in [0, 0.1) is 0 Å². The first kappa shape index (κ1) is 14.5. The van der Waals surface area contributed by atoms with Gasteiger partial charge in [0.15, 0.2) is 11.0 Å². The zero-order chi connectivity index (χ0) is 14.5. The summed E-state index contributed by atoms with van der Waals surface area (Å²) in [5, 5.41) is 9.73. The third kappa shape index (κ3) is 3.44. The number of thioether (sulfide) groups is 1. The number of hydrogen-bond donors (Lipinski definition) is 0. The molecular formula is C15H20N4OS. The summed E-state index contributed by atoms with van der Waals surface area (Å²) in [5.74, 6) is 1.88. The Morgan fingerprint density at radius 2 is 2.19 bits per heavy atom. The molecular weight excluding hydrogens is 284 g/mol. The van der Waals surface area contributed by atoms with Crippen LogP contribution in [0.5, 0.6) is 0 Å². The average molecular weight is 304 g/mol. The first-order valence-corrected chi connectivity index (χ1v) is 8.45. The molecule has 21 heavy (non-hydrogen) atoms. The van der Waals surface area contributed by atoms with E-state index >= 15 is 0 Å². The molecule has 3 heterocycles. The fourth-order valence-electron chi connectivity index (χ4n) is 2.48. The second-order valence-electron chi connectivity index (χ2n) is 5.14. The number of hydrogen-bond acceptors (Lipinski definition) is 5. The quantitative estimate of drug-likeness (QED) is 0.768. The maximum Gasteiger partial charge on any atom is 0.191 e. The van der Waals surface area contributed by atoms with Crippen molar-refractivity contribution in [2.75, 3.05) is 12.4 Å². The Labute approximate surface area is 129 Å². The molecule has 1 saturated heterocycles. The molecule has 1 unspecified atom stereocenters. The smallest absolute Gasteiger partial charge is 0.191 e. The van der Waals surface area contributed by atoms with Crippen LogP contribution in [0.2, 0.25) is 0 Å². The molecule has 1 fully saturated rings. The zero-order valence-corrected chi connectivity index (χ0v) is 13.1. The van der Waals surface area contributed by atoms with Gasteiger partial charge in [0.25, 0.3) is 0 Å². The van der Waals surface area contributed by atoms with E-state index < -0.39 is 0 Å². The molecule has 6 heteroatoms. The maximum absolute atomic E-state index is 5.68. The third-order valence-electron chi connectivity index (χ3n) is 3.52. The monoisotopic (exact) mass is 304 g/mol. The van der Waals surface area contributed by atoms with Crippen LogP contribution in [0.4, 0.5) is 0 Å². The lowest BCUT2D eigenvalue weighted by Gasteiger charge is -2.11. The molecule has 0 bridgehead atoms. The molecule has 1 atom stereocenters. The third-order valence-corrected chi connectivity index (χ3v) is 4.62. The van der Waals surface area contributed by atoms with Gasteiger partial charge in [-0.15, -0.1) is 10.2 Å². The molecule has 0 amide bonds. The van der Waals surface area contributed by atoms with E-state index in [2.05, 4.69) is 26.7 Å². The van der Waals surface area contributed by atoms with Gasteiger partial charge in [0.2, 0.25) is 0 Å². The van der Waals surface area contributed by atoms with E-state index in [-0.39, 0.29) is 0 Å². The topological polar surface area (TPSA) is 52.8 Å². The lowest BCUT2D eigenvalue weighted by atomic mass is 10.2. The van der Waals surface area contributed by atoms with Crippen LogP contribution < -0.4 is 0 Å². The summed E-state index contributed by atoms with van der Waals surface area (Å²) >= 11 is 1.75. The lowest BCUT2D eigenvalue weighted by molar-refractivity contribution is 0.129. The minimum absolute atomic E-state index is 0.367. The normalized spacial score (nSPS) is 18.2. The molecule has 2 aromatic heterocycles. The zero-order valence-electron chi connectivity index (χ0n) is 12.2. The molecule has 1 aliphatic rings. The van der Waals surface area contributed by atoms with Crippen molar-refractivity contribution in [2.45, 2.75) is 44.0 Å². The molecule has 0 radical (unpaired) electrons. The molecule has 0 aromatic carbocycles. The van der Waals surface area contributed by atoms with Gasteiger partial charge in [-0.2, -0.15) is 0 Å². The summed E-state index contributed by atoms with van der Waals surface area (Å²) < 4.78 is 7.88. The van der Waals surface area contributed by atoms with Gasteiger partial charge < -0.3 is 9.30 Å². The van der Waals surface area contributed by atoms with Crippen molar-refractivity contribution in [3.05, 3.63) is 24.5 Å². The predicted molar refractivity (Wildman–Crippen MR) is 83.2 cm³/mol. The molecule has 5 nitrogen and oxygen atoms in total. The first-order chi connectivity index (χ1) is 10.4. The van der Waals surface area contributed by atoms with Gasteiger partial charge in [-0.1, -0.05) is 18.7 Å². The molecule has 3 rings (SSSR count). The summed E-state index contributed by atoms with van der Waals surface area (Å²) in [4.78, 5) is 4.06.